The van der Waals surface area contributed by atoms with Crippen LogP contribution in [0, 0.1) is 78.9 Å². The Labute approximate surface area is 544 Å². The minimum absolute atomic E-state index is 0. The van der Waals surface area contributed by atoms with Crippen LogP contribution in [0.3, 0.4) is 0 Å². The van der Waals surface area contributed by atoms with Gasteiger partial charge in [-0.2, -0.15) is 0 Å². The molecule has 6 aromatic rings. The number of carboxylic acids is 1. The zero-order chi connectivity index (χ0) is 64.3. The van der Waals surface area contributed by atoms with Gasteiger partial charge >= 0.3 is 30.8 Å². The molecule has 2 fully saturated rings. The third-order valence-corrected chi connectivity index (χ3v) is 17.9. The molecule has 2 aliphatic heterocycles. The van der Waals surface area contributed by atoms with E-state index in [4.69, 9.17) is 4.74 Å². The van der Waals surface area contributed by atoms with Gasteiger partial charge in [0.15, 0.2) is 11.6 Å². The number of aliphatic carboxylic acids is 1. The third kappa shape index (κ3) is 19.0. The standard InChI is InChI=1S/C38H49FN2O4.C36H45FN2O4.Li.H2O/c1-8-45-36(44)22-30(32-20-31(18-28(7)38(32)39)37-25(4)11-9-12-26(37)5)21-34(42)33(17-24(2)3)41-23-29(27(6)19-35(41)43)13-16-40-14-10-15-40;1-22(2)15-31(39-21-27(25(5)17-33(39)41)11-14-38-12-8-13-38)32(40)19-28(20-34(42)43)30-18-29(16-26(6)36(30)37)35-23(3)9-7-10-24(35)4;;/h9,11-12,18-20,23-24,30,33H,8,10,13-17,21-22H2,1-7H3;7,9-10,16-18,21-22,28,31H,8,11-15,19-20H2,1-6H3,(H,42,43);;1H2/q;;+1;/p-1/t30-,33?;28-,31?;;/m00../s1. The van der Waals surface area contributed by atoms with E-state index in [1.54, 1.807) is 55.7 Å². The van der Waals surface area contributed by atoms with Crippen LogP contribution in [0.4, 0.5) is 8.78 Å². The molecule has 480 valence electrons. The first-order chi connectivity index (χ1) is 41.7. The summed E-state index contributed by atoms with van der Waals surface area (Å²) in [5.41, 5.74) is 12.6. The smallest absolute Gasteiger partial charge is 0.870 e. The van der Waals surface area contributed by atoms with Gasteiger partial charge in [0, 0.05) is 62.3 Å². The van der Waals surface area contributed by atoms with Gasteiger partial charge in [-0.1, -0.05) is 64.1 Å². The summed E-state index contributed by atoms with van der Waals surface area (Å²) in [5, 5.41) is 9.84. The van der Waals surface area contributed by atoms with E-state index < -0.39 is 53.9 Å². The van der Waals surface area contributed by atoms with Gasteiger partial charge in [0.25, 0.3) is 11.1 Å². The Kier molecular flexibility index (Phi) is 27.7. The summed E-state index contributed by atoms with van der Waals surface area (Å²) < 4.78 is 40.2. The first kappa shape index (κ1) is 74.1. The fourth-order valence-corrected chi connectivity index (χ4v) is 12.8. The average Bonchev–Trinajstić information content (AvgIpc) is 1.05. The van der Waals surface area contributed by atoms with Gasteiger partial charge in [0.1, 0.15) is 11.6 Å². The van der Waals surface area contributed by atoms with E-state index in [9.17, 15) is 33.9 Å². The number of aryl methyl sites for hydroxylation is 8. The molecule has 2 unspecified atom stereocenters. The minimum atomic E-state index is -1.10. The zero-order valence-electron chi connectivity index (χ0n) is 55.9. The third-order valence-electron chi connectivity index (χ3n) is 17.9. The summed E-state index contributed by atoms with van der Waals surface area (Å²) in [5.74, 6) is -4.33. The van der Waals surface area contributed by atoms with Crippen molar-refractivity contribution in [2.45, 2.75) is 178 Å². The summed E-state index contributed by atoms with van der Waals surface area (Å²) >= 11 is 0. The molecule has 13 nitrogen and oxygen atoms in total. The second-order valence-electron chi connectivity index (χ2n) is 25.9. The molecule has 2 N–H and O–H groups in total. The summed E-state index contributed by atoms with van der Waals surface area (Å²) in [6.07, 6.45) is 7.77. The number of Topliss-reactive ketones (excluding diaryl/α,β-unsaturated/α-hetero) is 2. The molecule has 4 heterocycles. The largest absolute Gasteiger partial charge is 1.00 e. The number of carbonyl (C=O) groups is 4. The van der Waals surface area contributed by atoms with Gasteiger partial charge in [-0.3, -0.25) is 28.8 Å². The maximum atomic E-state index is 16.0. The average molecular weight is 1230 g/mol. The number of hydrogen-bond acceptors (Lipinski definition) is 10. The van der Waals surface area contributed by atoms with Crippen LogP contribution in [0.1, 0.15) is 177 Å². The Bertz CT molecular complexity index is 3580. The molecule has 16 heteroatoms. The van der Waals surface area contributed by atoms with Crippen molar-refractivity contribution in [3.63, 3.8) is 0 Å². The number of aromatic nitrogens is 2. The van der Waals surface area contributed by atoms with Crippen LogP contribution in [0.15, 0.2) is 94.8 Å². The molecule has 2 aromatic heterocycles. The van der Waals surface area contributed by atoms with Crippen molar-refractivity contribution in [2.75, 3.05) is 45.9 Å². The number of esters is 1. The van der Waals surface area contributed by atoms with Gasteiger partial charge in [-0.05, 0) is 252 Å². The molecule has 8 rings (SSSR count). The summed E-state index contributed by atoms with van der Waals surface area (Å²) in [6, 6.07) is 20.8. The van der Waals surface area contributed by atoms with Gasteiger partial charge in [-0.15, -0.1) is 0 Å². The Morgan fingerprint density at radius 1 is 0.533 bits per heavy atom. The van der Waals surface area contributed by atoms with Crippen LogP contribution in [0.2, 0.25) is 0 Å². The quantitative estimate of drug-likeness (QED) is 0.0383. The van der Waals surface area contributed by atoms with Gasteiger partial charge < -0.3 is 34.3 Å². The van der Waals surface area contributed by atoms with Crippen molar-refractivity contribution < 1.29 is 62.1 Å². The van der Waals surface area contributed by atoms with E-state index >= 15 is 8.78 Å². The number of benzene rings is 4. The van der Waals surface area contributed by atoms with Gasteiger partial charge in [-0.25, -0.2) is 8.78 Å². The second kappa shape index (κ2) is 33.6. The second-order valence-corrected chi connectivity index (χ2v) is 25.9. The van der Waals surface area contributed by atoms with E-state index in [0.717, 1.165) is 119 Å². The van der Waals surface area contributed by atoms with Crippen LogP contribution in [-0.2, 0) is 36.8 Å². The first-order valence-corrected chi connectivity index (χ1v) is 31.8. The molecule has 0 bridgehead atoms. The predicted molar refractivity (Wildman–Crippen MR) is 350 cm³/mol. The van der Waals surface area contributed by atoms with Crippen LogP contribution < -0.4 is 30.0 Å². The summed E-state index contributed by atoms with van der Waals surface area (Å²) in [6.45, 7) is 31.4. The van der Waals surface area contributed by atoms with Crippen molar-refractivity contribution in [2.24, 2.45) is 11.8 Å². The van der Waals surface area contributed by atoms with Crippen molar-refractivity contribution >= 4 is 23.5 Å². The van der Waals surface area contributed by atoms with E-state index in [2.05, 4.69) is 9.80 Å². The maximum absolute atomic E-state index is 16.0. The molecule has 0 radical (unpaired) electrons. The molecule has 4 atom stereocenters. The SMILES string of the molecule is CCOC(=O)C[C@H](CC(=O)C(CC(C)C)n1cc(CCN2CCC2)c(C)cc1=O)c1cc(-c2c(C)cccc2C)cc(C)c1F.Cc1cc(=O)n(C(CC(C)C)C(=O)C[C@@H](CC(=O)O)c2cc(-c3c(C)cccc3C)cc(C)c2F)cc1CCN1CCC1.[Li+].[OH-]. The number of halogens is 2. The Morgan fingerprint density at radius 3 is 1.22 bits per heavy atom. The van der Waals surface area contributed by atoms with E-state index in [0.29, 0.717) is 29.5 Å². The molecule has 0 spiro atoms. The first-order valence-electron chi connectivity index (χ1n) is 31.8. The molecule has 90 heavy (non-hydrogen) atoms. The Hall–Kier alpha value is -6.60. The van der Waals surface area contributed by atoms with E-state index in [-0.39, 0.29) is 90.3 Å². The van der Waals surface area contributed by atoms with Gasteiger partial charge in [0.2, 0.25) is 0 Å². The zero-order valence-corrected chi connectivity index (χ0v) is 55.9. The Morgan fingerprint density at radius 2 is 0.900 bits per heavy atom. The monoisotopic (exact) mass is 1230 g/mol. The van der Waals surface area contributed by atoms with Crippen molar-refractivity contribution in [1.82, 2.24) is 18.9 Å². The fraction of sp³-hybridized carbons (Fsp3) is 0.486. The number of ether oxygens (including phenoxy) is 1. The van der Waals surface area contributed by atoms with Crippen molar-refractivity contribution in [3.8, 4) is 22.3 Å². The molecule has 0 saturated carbocycles. The number of carbonyl (C=O) groups excluding carboxylic acids is 3. The van der Waals surface area contributed by atoms with E-state index in [1.807, 2.05) is 124 Å². The van der Waals surface area contributed by atoms with Crippen LogP contribution in [0.25, 0.3) is 22.3 Å². The number of ketones is 2. The summed E-state index contributed by atoms with van der Waals surface area (Å²) in [4.78, 5) is 84.7. The molecule has 0 aliphatic carbocycles. The fourth-order valence-electron chi connectivity index (χ4n) is 12.8. The normalized spacial score (nSPS) is 14.5. The number of hydrogen-bond donors (Lipinski definition) is 1. The number of carboxylic acid groups (broad SMARTS) is 1. The number of rotatable bonds is 27. The number of likely N-dealkylation sites (tertiary alicyclic amines) is 2. The van der Waals surface area contributed by atoms with Crippen molar-refractivity contribution in [1.29, 1.82) is 0 Å². The molecular weight excluding hydrogens is 1130 g/mol. The van der Waals surface area contributed by atoms with E-state index in [1.165, 1.54) is 17.4 Å². The molecule has 4 aromatic carbocycles. The van der Waals surface area contributed by atoms with Crippen LogP contribution in [0.5, 0.6) is 0 Å². The number of pyridine rings is 2. The predicted octanol–water partition coefficient (Wildman–Crippen LogP) is 11.2. The topological polar surface area (TPSA) is 178 Å². The molecule has 2 aliphatic rings. The van der Waals surface area contributed by atoms with Gasteiger partial charge in [0.05, 0.1) is 31.5 Å². The number of nitrogens with zero attached hydrogens (tertiary/aromatic N) is 4. The maximum Gasteiger partial charge on any atom is 1.00 e. The minimum Gasteiger partial charge on any atom is -0.870 e. The molecular formula is C74H95F2LiN4O9. The Balaban J connectivity index is 0.000000320. The summed E-state index contributed by atoms with van der Waals surface area (Å²) in [7, 11) is 0. The molecule has 0 amide bonds. The van der Waals surface area contributed by atoms with Crippen molar-refractivity contribution in [3.05, 3.63) is 184 Å². The van der Waals surface area contributed by atoms with Crippen LogP contribution in [-0.4, -0.2) is 98.9 Å². The molecule has 2 saturated heterocycles. The van der Waals surface area contributed by atoms with Crippen LogP contribution >= 0.6 is 0 Å².